The van der Waals surface area contributed by atoms with Crippen LogP contribution >= 0.6 is 11.3 Å². The molecule has 1 aromatic heterocycles. The fourth-order valence-corrected chi connectivity index (χ4v) is 1.83. The van der Waals surface area contributed by atoms with Crippen molar-refractivity contribution in [3.63, 3.8) is 0 Å². The third-order valence-corrected chi connectivity index (χ3v) is 2.58. The molecule has 0 saturated carbocycles. The van der Waals surface area contributed by atoms with Crippen molar-refractivity contribution in [1.29, 1.82) is 0 Å². The highest BCUT2D eigenvalue weighted by Crippen LogP contribution is 2.08. The first-order valence-corrected chi connectivity index (χ1v) is 5.14. The maximum absolute atomic E-state index is 11.7. The standard InChI is InChI=1S/C9H10N2OS/c12-9(8-6-13-7-10-8)11-4-2-1-3-5-11/h1-2,6-7H,3-5H2. The van der Waals surface area contributed by atoms with Crippen LogP contribution < -0.4 is 0 Å². The minimum atomic E-state index is 0.0469. The van der Waals surface area contributed by atoms with Gasteiger partial charge in [0.2, 0.25) is 0 Å². The predicted molar refractivity (Wildman–Crippen MR) is 51.8 cm³/mol. The molecule has 0 unspecified atom stereocenters. The van der Waals surface area contributed by atoms with Crippen LogP contribution in [0.3, 0.4) is 0 Å². The lowest BCUT2D eigenvalue weighted by Gasteiger charge is -2.22. The molecule has 0 radical (unpaired) electrons. The van der Waals surface area contributed by atoms with Crippen LogP contribution in [0.25, 0.3) is 0 Å². The summed E-state index contributed by atoms with van der Waals surface area (Å²) < 4.78 is 0. The average Bonchev–Trinajstić information content (AvgIpc) is 2.71. The SMILES string of the molecule is O=C(c1cscn1)N1CC=CCC1. The van der Waals surface area contributed by atoms with E-state index in [-0.39, 0.29) is 5.91 Å². The Morgan fingerprint density at radius 2 is 2.46 bits per heavy atom. The lowest BCUT2D eigenvalue weighted by atomic mass is 10.2. The van der Waals surface area contributed by atoms with Gasteiger partial charge in [-0.15, -0.1) is 11.3 Å². The Labute approximate surface area is 80.7 Å². The molecular weight excluding hydrogens is 184 g/mol. The van der Waals surface area contributed by atoms with Crippen molar-refractivity contribution in [2.24, 2.45) is 0 Å². The Bertz CT molecular complexity index is 318. The zero-order valence-electron chi connectivity index (χ0n) is 7.14. The van der Waals surface area contributed by atoms with Crippen molar-refractivity contribution in [3.05, 3.63) is 28.7 Å². The van der Waals surface area contributed by atoms with Crippen LogP contribution in [0.2, 0.25) is 0 Å². The van der Waals surface area contributed by atoms with Gasteiger partial charge in [-0.25, -0.2) is 4.98 Å². The molecule has 0 N–H and O–H groups in total. The summed E-state index contributed by atoms with van der Waals surface area (Å²) >= 11 is 1.46. The molecule has 1 aliphatic heterocycles. The molecule has 1 aliphatic rings. The second-order valence-electron chi connectivity index (χ2n) is 2.88. The van der Waals surface area contributed by atoms with Gasteiger partial charge in [0.25, 0.3) is 5.91 Å². The molecule has 13 heavy (non-hydrogen) atoms. The number of hydrogen-bond acceptors (Lipinski definition) is 3. The Morgan fingerprint density at radius 3 is 3.08 bits per heavy atom. The second kappa shape index (κ2) is 3.70. The summed E-state index contributed by atoms with van der Waals surface area (Å²) in [5.41, 5.74) is 2.26. The molecular formula is C9H10N2OS. The first kappa shape index (κ1) is 8.44. The van der Waals surface area contributed by atoms with E-state index in [0.717, 1.165) is 19.5 Å². The van der Waals surface area contributed by atoms with Crippen LogP contribution in [-0.4, -0.2) is 28.9 Å². The Balaban J connectivity index is 2.09. The molecule has 0 spiro atoms. The summed E-state index contributed by atoms with van der Waals surface area (Å²) in [4.78, 5) is 17.5. The number of rotatable bonds is 1. The topological polar surface area (TPSA) is 33.2 Å². The van der Waals surface area contributed by atoms with Gasteiger partial charge in [-0.3, -0.25) is 4.79 Å². The van der Waals surface area contributed by atoms with Crippen LogP contribution in [0.4, 0.5) is 0 Å². The highest BCUT2D eigenvalue weighted by molar-refractivity contribution is 7.07. The van der Waals surface area contributed by atoms with Gasteiger partial charge in [-0.1, -0.05) is 12.2 Å². The van der Waals surface area contributed by atoms with E-state index < -0.39 is 0 Å². The van der Waals surface area contributed by atoms with E-state index in [1.54, 1.807) is 10.9 Å². The summed E-state index contributed by atoms with van der Waals surface area (Å²) in [6, 6.07) is 0. The van der Waals surface area contributed by atoms with Gasteiger partial charge in [0, 0.05) is 18.5 Å². The molecule has 68 valence electrons. The van der Waals surface area contributed by atoms with Crippen molar-refractivity contribution in [2.45, 2.75) is 6.42 Å². The Kier molecular flexibility index (Phi) is 2.40. The third-order valence-electron chi connectivity index (χ3n) is 2.00. The van der Waals surface area contributed by atoms with Crippen LogP contribution in [0, 0.1) is 0 Å². The molecule has 0 saturated heterocycles. The average molecular weight is 194 g/mol. The molecule has 1 aromatic rings. The molecule has 0 bridgehead atoms. The minimum Gasteiger partial charge on any atom is -0.333 e. The van der Waals surface area contributed by atoms with Gasteiger partial charge in [-0.2, -0.15) is 0 Å². The molecule has 3 nitrogen and oxygen atoms in total. The zero-order chi connectivity index (χ0) is 9.10. The quantitative estimate of drug-likeness (QED) is 0.635. The maximum Gasteiger partial charge on any atom is 0.273 e. The highest BCUT2D eigenvalue weighted by atomic mass is 32.1. The molecule has 0 fully saturated rings. The molecule has 2 heterocycles. The van der Waals surface area contributed by atoms with Crippen LogP contribution in [0.5, 0.6) is 0 Å². The van der Waals surface area contributed by atoms with Gasteiger partial charge in [0.1, 0.15) is 5.69 Å². The zero-order valence-corrected chi connectivity index (χ0v) is 7.96. The summed E-state index contributed by atoms with van der Waals surface area (Å²) in [7, 11) is 0. The van der Waals surface area contributed by atoms with Gasteiger partial charge in [0.15, 0.2) is 0 Å². The van der Waals surface area contributed by atoms with Gasteiger partial charge >= 0.3 is 0 Å². The predicted octanol–water partition coefficient (Wildman–Crippen LogP) is 1.55. The van der Waals surface area contributed by atoms with Gasteiger partial charge < -0.3 is 4.90 Å². The number of hydrogen-bond donors (Lipinski definition) is 0. The number of carbonyl (C=O) groups excluding carboxylic acids is 1. The molecule has 0 aliphatic carbocycles. The summed E-state index contributed by atoms with van der Waals surface area (Å²) in [5, 5.41) is 1.79. The van der Waals surface area contributed by atoms with E-state index >= 15 is 0 Å². The van der Waals surface area contributed by atoms with Crippen molar-refractivity contribution >= 4 is 17.2 Å². The highest BCUT2D eigenvalue weighted by Gasteiger charge is 2.16. The summed E-state index contributed by atoms with van der Waals surface area (Å²) in [6.07, 6.45) is 5.08. The monoisotopic (exact) mass is 194 g/mol. The van der Waals surface area contributed by atoms with Crippen LogP contribution in [-0.2, 0) is 0 Å². The van der Waals surface area contributed by atoms with Crippen molar-refractivity contribution in [1.82, 2.24) is 9.88 Å². The molecule has 0 aromatic carbocycles. The largest absolute Gasteiger partial charge is 0.333 e. The van der Waals surface area contributed by atoms with Crippen LogP contribution in [0.15, 0.2) is 23.0 Å². The van der Waals surface area contributed by atoms with E-state index in [1.807, 2.05) is 11.0 Å². The van der Waals surface area contributed by atoms with Crippen molar-refractivity contribution in [2.75, 3.05) is 13.1 Å². The first-order chi connectivity index (χ1) is 6.38. The van der Waals surface area contributed by atoms with E-state index in [9.17, 15) is 4.79 Å². The van der Waals surface area contributed by atoms with E-state index in [1.165, 1.54) is 11.3 Å². The third kappa shape index (κ3) is 1.78. The lowest BCUT2D eigenvalue weighted by molar-refractivity contribution is 0.0766. The van der Waals surface area contributed by atoms with Crippen molar-refractivity contribution in [3.8, 4) is 0 Å². The molecule has 1 amide bonds. The minimum absolute atomic E-state index is 0.0469. The Hall–Kier alpha value is -1.16. The lowest BCUT2D eigenvalue weighted by Crippen LogP contribution is -2.33. The second-order valence-corrected chi connectivity index (χ2v) is 3.60. The van der Waals surface area contributed by atoms with E-state index in [2.05, 4.69) is 11.1 Å². The molecule has 4 heteroatoms. The van der Waals surface area contributed by atoms with E-state index in [4.69, 9.17) is 0 Å². The van der Waals surface area contributed by atoms with Gasteiger partial charge in [-0.05, 0) is 6.42 Å². The Morgan fingerprint density at radius 1 is 1.54 bits per heavy atom. The number of amides is 1. The number of aromatic nitrogens is 1. The number of nitrogens with zero attached hydrogens (tertiary/aromatic N) is 2. The summed E-state index contributed by atoms with van der Waals surface area (Å²) in [6.45, 7) is 1.53. The fraction of sp³-hybridized carbons (Fsp3) is 0.333. The van der Waals surface area contributed by atoms with E-state index in [0.29, 0.717) is 5.69 Å². The fourth-order valence-electron chi connectivity index (χ4n) is 1.31. The van der Waals surface area contributed by atoms with Crippen molar-refractivity contribution < 1.29 is 4.79 Å². The van der Waals surface area contributed by atoms with Crippen LogP contribution in [0.1, 0.15) is 16.9 Å². The number of thiazole rings is 1. The maximum atomic E-state index is 11.7. The normalized spacial score (nSPS) is 16.2. The van der Waals surface area contributed by atoms with Gasteiger partial charge in [0.05, 0.1) is 5.51 Å². The summed E-state index contributed by atoms with van der Waals surface area (Å²) in [5.74, 6) is 0.0469. The molecule has 2 rings (SSSR count). The first-order valence-electron chi connectivity index (χ1n) is 4.20. The smallest absolute Gasteiger partial charge is 0.273 e. The number of carbonyl (C=O) groups is 1. The molecule has 0 atom stereocenters.